The number of rotatable bonds is 5. The maximum absolute atomic E-state index is 12.7. The molecule has 1 unspecified atom stereocenters. The number of nitrogens with zero attached hydrogens (tertiary/aromatic N) is 1. The highest BCUT2D eigenvalue weighted by molar-refractivity contribution is 7.10. The van der Waals surface area contributed by atoms with E-state index in [0.717, 1.165) is 28.2 Å². The van der Waals surface area contributed by atoms with Gasteiger partial charge in [0.05, 0.1) is 6.04 Å². The van der Waals surface area contributed by atoms with Crippen LogP contribution in [0.15, 0.2) is 47.8 Å². The minimum atomic E-state index is -0.788. The van der Waals surface area contributed by atoms with Gasteiger partial charge in [0.2, 0.25) is 5.91 Å². The van der Waals surface area contributed by atoms with Crippen molar-refractivity contribution < 1.29 is 14.4 Å². The SMILES string of the molecule is O=C(CN1C(=O)NC2(CCCC2)C1=O)NC(c1ccccc1)c1cccs1. The Bertz CT molecular complexity index is 845. The van der Waals surface area contributed by atoms with E-state index < -0.39 is 11.6 Å². The molecule has 1 aromatic heterocycles. The molecule has 2 aromatic rings. The summed E-state index contributed by atoms with van der Waals surface area (Å²) in [6.07, 6.45) is 3.14. The van der Waals surface area contributed by atoms with Gasteiger partial charge in [-0.3, -0.25) is 14.5 Å². The zero-order chi connectivity index (χ0) is 18.9. The summed E-state index contributed by atoms with van der Waals surface area (Å²) in [4.78, 5) is 39.8. The van der Waals surface area contributed by atoms with Gasteiger partial charge in [-0.2, -0.15) is 0 Å². The molecule has 1 saturated heterocycles. The molecule has 2 heterocycles. The molecule has 6 nitrogen and oxygen atoms in total. The largest absolute Gasteiger partial charge is 0.343 e. The van der Waals surface area contributed by atoms with Gasteiger partial charge in [0.15, 0.2) is 0 Å². The Morgan fingerprint density at radius 3 is 2.56 bits per heavy atom. The lowest BCUT2D eigenvalue weighted by atomic mass is 9.98. The van der Waals surface area contributed by atoms with Gasteiger partial charge in [-0.15, -0.1) is 11.3 Å². The molecule has 1 aromatic carbocycles. The van der Waals surface area contributed by atoms with Gasteiger partial charge < -0.3 is 10.6 Å². The molecule has 4 amide bonds. The molecule has 140 valence electrons. The van der Waals surface area contributed by atoms with E-state index in [0.29, 0.717) is 12.8 Å². The molecule has 4 rings (SSSR count). The van der Waals surface area contributed by atoms with Crippen molar-refractivity contribution in [3.63, 3.8) is 0 Å². The number of nitrogens with one attached hydrogen (secondary N) is 2. The molecular formula is C20H21N3O3S. The number of hydrogen-bond acceptors (Lipinski definition) is 4. The molecule has 2 aliphatic rings. The van der Waals surface area contributed by atoms with Crippen LogP contribution in [0.5, 0.6) is 0 Å². The fourth-order valence-corrected chi connectivity index (χ4v) is 4.71. The van der Waals surface area contributed by atoms with E-state index in [-0.39, 0.29) is 24.4 Å². The Hall–Kier alpha value is -2.67. The third-order valence-corrected chi connectivity index (χ3v) is 6.21. The van der Waals surface area contributed by atoms with Crippen molar-refractivity contribution in [3.8, 4) is 0 Å². The molecule has 27 heavy (non-hydrogen) atoms. The maximum atomic E-state index is 12.7. The highest BCUT2D eigenvalue weighted by Crippen LogP contribution is 2.35. The average Bonchev–Trinajstić information content (AvgIpc) is 3.40. The summed E-state index contributed by atoms with van der Waals surface area (Å²) in [5.74, 6) is -0.622. The molecule has 1 atom stereocenters. The van der Waals surface area contributed by atoms with Gasteiger partial charge >= 0.3 is 6.03 Å². The van der Waals surface area contributed by atoms with Crippen molar-refractivity contribution in [1.29, 1.82) is 0 Å². The molecule has 1 saturated carbocycles. The van der Waals surface area contributed by atoms with Crippen molar-refractivity contribution in [3.05, 3.63) is 58.3 Å². The van der Waals surface area contributed by atoms with Crippen LogP contribution in [0.1, 0.15) is 42.2 Å². The molecule has 0 radical (unpaired) electrons. The summed E-state index contributed by atoms with van der Waals surface area (Å²) in [5.41, 5.74) is 0.169. The van der Waals surface area contributed by atoms with Crippen molar-refractivity contribution in [2.45, 2.75) is 37.3 Å². The first-order valence-corrected chi connectivity index (χ1v) is 9.99. The molecule has 1 aliphatic heterocycles. The second-order valence-corrected chi connectivity index (χ2v) is 8.02. The third kappa shape index (κ3) is 3.35. The van der Waals surface area contributed by atoms with Gasteiger partial charge in [0.1, 0.15) is 12.1 Å². The van der Waals surface area contributed by atoms with Crippen LogP contribution in [0.3, 0.4) is 0 Å². The monoisotopic (exact) mass is 383 g/mol. The van der Waals surface area contributed by atoms with Gasteiger partial charge in [-0.05, 0) is 29.9 Å². The quantitative estimate of drug-likeness (QED) is 0.780. The second kappa shape index (κ2) is 7.15. The summed E-state index contributed by atoms with van der Waals surface area (Å²) in [5, 5.41) is 7.74. The predicted molar refractivity (Wildman–Crippen MR) is 102 cm³/mol. The van der Waals surface area contributed by atoms with Crippen LogP contribution >= 0.6 is 11.3 Å². The minimum Gasteiger partial charge on any atom is -0.343 e. The van der Waals surface area contributed by atoms with Crippen molar-refractivity contribution in [1.82, 2.24) is 15.5 Å². The number of carbonyl (C=O) groups is 3. The fraction of sp³-hybridized carbons (Fsp3) is 0.350. The van der Waals surface area contributed by atoms with E-state index in [2.05, 4.69) is 10.6 Å². The Morgan fingerprint density at radius 1 is 1.15 bits per heavy atom. The van der Waals surface area contributed by atoms with Gasteiger partial charge in [0.25, 0.3) is 5.91 Å². The van der Waals surface area contributed by atoms with E-state index in [4.69, 9.17) is 0 Å². The van der Waals surface area contributed by atoms with Gasteiger partial charge in [0, 0.05) is 4.88 Å². The number of thiophene rings is 1. The summed E-state index contributed by atoms with van der Waals surface area (Å²) in [7, 11) is 0. The highest BCUT2D eigenvalue weighted by atomic mass is 32.1. The molecular weight excluding hydrogens is 362 g/mol. The Labute approximate surface area is 161 Å². The molecule has 2 N–H and O–H groups in total. The first-order chi connectivity index (χ1) is 13.1. The smallest absolute Gasteiger partial charge is 0.325 e. The zero-order valence-electron chi connectivity index (χ0n) is 14.8. The second-order valence-electron chi connectivity index (χ2n) is 7.04. The Kier molecular flexibility index (Phi) is 4.70. The number of benzene rings is 1. The van der Waals surface area contributed by atoms with Crippen molar-refractivity contribution in [2.24, 2.45) is 0 Å². The van der Waals surface area contributed by atoms with Crippen LogP contribution in [0.2, 0.25) is 0 Å². The first-order valence-electron chi connectivity index (χ1n) is 9.11. The highest BCUT2D eigenvalue weighted by Gasteiger charge is 2.52. The lowest BCUT2D eigenvalue weighted by molar-refractivity contribution is -0.135. The van der Waals surface area contributed by atoms with E-state index in [9.17, 15) is 14.4 Å². The average molecular weight is 383 g/mol. The Balaban J connectivity index is 1.49. The summed E-state index contributed by atoms with van der Waals surface area (Å²) >= 11 is 1.55. The topological polar surface area (TPSA) is 78.5 Å². The number of hydrogen-bond donors (Lipinski definition) is 2. The van der Waals surface area contributed by atoms with Crippen LogP contribution in [-0.4, -0.2) is 34.8 Å². The maximum Gasteiger partial charge on any atom is 0.325 e. The van der Waals surface area contributed by atoms with Gasteiger partial charge in [-0.25, -0.2) is 4.79 Å². The normalized spacial score (nSPS) is 19.3. The van der Waals surface area contributed by atoms with Crippen LogP contribution in [0, 0.1) is 0 Å². The van der Waals surface area contributed by atoms with E-state index >= 15 is 0 Å². The zero-order valence-corrected chi connectivity index (χ0v) is 15.6. The van der Waals surface area contributed by atoms with E-state index in [1.165, 1.54) is 0 Å². The lowest BCUT2D eigenvalue weighted by Crippen LogP contribution is -2.45. The predicted octanol–water partition coefficient (Wildman–Crippen LogP) is 2.82. The summed E-state index contributed by atoms with van der Waals surface area (Å²) in [6, 6.07) is 12.8. The van der Waals surface area contributed by atoms with Crippen LogP contribution in [0.4, 0.5) is 4.79 Å². The molecule has 1 aliphatic carbocycles. The van der Waals surface area contributed by atoms with Crippen molar-refractivity contribution >= 4 is 29.2 Å². The minimum absolute atomic E-state index is 0.263. The standard InChI is InChI=1S/C20H21N3O3S/c24-16(13-23-18(25)20(22-19(23)26)10-4-5-11-20)21-17(15-9-6-12-27-15)14-7-2-1-3-8-14/h1-3,6-9,12,17H,4-5,10-11,13H2,(H,21,24)(H,22,26). The molecule has 0 bridgehead atoms. The molecule has 7 heteroatoms. The number of urea groups is 1. The summed E-state index contributed by atoms with van der Waals surface area (Å²) in [6.45, 7) is -0.263. The number of amides is 4. The first kappa shape index (κ1) is 17.7. The Morgan fingerprint density at radius 2 is 1.89 bits per heavy atom. The van der Waals surface area contributed by atoms with Crippen LogP contribution in [-0.2, 0) is 9.59 Å². The van der Waals surface area contributed by atoms with Gasteiger partial charge in [-0.1, -0.05) is 49.2 Å². The van der Waals surface area contributed by atoms with E-state index in [1.54, 1.807) is 11.3 Å². The van der Waals surface area contributed by atoms with Crippen LogP contribution < -0.4 is 10.6 Å². The molecule has 2 fully saturated rings. The number of imide groups is 1. The summed E-state index contributed by atoms with van der Waals surface area (Å²) < 4.78 is 0. The third-order valence-electron chi connectivity index (χ3n) is 5.27. The number of carbonyl (C=O) groups excluding carboxylic acids is 3. The molecule has 1 spiro atoms. The van der Waals surface area contributed by atoms with E-state index in [1.807, 2.05) is 47.8 Å². The fourth-order valence-electron chi connectivity index (χ4n) is 3.91. The van der Waals surface area contributed by atoms with Crippen LogP contribution in [0.25, 0.3) is 0 Å². The van der Waals surface area contributed by atoms with Crippen molar-refractivity contribution in [2.75, 3.05) is 6.54 Å². The lowest BCUT2D eigenvalue weighted by Gasteiger charge is -2.21.